The fraction of sp³-hybridized carbons (Fsp3) is 0.500. The van der Waals surface area contributed by atoms with E-state index in [2.05, 4.69) is 17.2 Å². The van der Waals surface area contributed by atoms with Crippen molar-refractivity contribution < 1.29 is 14.3 Å². The first-order valence-electron chi connectivity index (χ1n) is 9.20. The van der Waals surface area contributed by atoms with Gasteiger partial charge in [-0.1, -0.05) is 6.07 Å². The van der Waals surface area contributed by atoms with Gasteiger partial charge in [-0.2, -0.15) is 5.10 Å². The van der Waals surface area contributed by atoms with Crippen LogP contribution in [0.4, 0.5) is 0 Å². The van der Waals surface area contributed by atoms with E-state index in [1.165, 1.54) is 11.1 Å². The van der Waals surface area contributed by atoms with Crippen LogP contribution in [-0.2, 0) is 24.8 Å². The lowest BCUT2D eigenvalue weighted by molar-refractivity contribution is 0.0177. The third kappa shape index (κ3) is 3.21. The van der Waals surface area contributed by atoms with Gasteiger partial charge in [0, 0.05) is 39.0 Å². The molecule has 0 radical (unpaired) electrons. The number of carbonyl (C=O) groups is 1. The van der Waals surface area contributed by atoms with Gasteiger partial charge in [-0.3, -0.25) is 9.48 Å². The zero-order valence-electron chi connectivity index (χ0n) is 15.4. The molecule has 26 heavy (non-hydrogen) atoms. The summed E-state index contributed by atoms with van der Waals surface area (Å²) in [7, 11) is 3.53. The fourth-order valence-corrected chi connectivity index (χ4v) is 4.13. The van der Waals surface area contributed by atoms with E-state index in [9.17, 15) is 4.79 Å². The van der Waals surface area contributed by atoms with Crippen LogP contribution in [0.3, 0.4) is 0 Å². The maximum Gasteiger partial charge on any atom is 0.274 e. The maximum absolute atomic E-state index is 13.2. The normalized spacial score (nSPS) is 20.7. The van der Waals surface area contributed by atoms with E-state index in [1.807, 2.05) is 24.2 Å². The summed E-state index contributed by atoms with van der Waals surface area (Å²) < 4.78 is 12.6. The number of carbonyl (C=O) groups excluding carboxylic acids is 1. The molecule has 2 aliphatic rings. The lowest BCUT2D eigenvalue weighted by Gasteiger charge is -2.42. The molecular weight excluding hydrogens is 330 g/mol. The van der Waals surface area contributed by atoms with Crippen LogP contribution < -0.4 is 4.74 Å². The van der Waals surface area contributed by atoms with Crippen molar-refractivity contribution in [2.24, 2.45) is 13.0 Å². The summed E-state index contributed by atoms with van der Waals surface area (Å²) >= 11 is 0. The van der Waals surface area contributed by atoms with Crippen molar-refractivity contribution in [3.05, 3.63) is 47.3 Å². The largest absolute Gasteiger partial charge is 0.497 e. The van der Waals surface area contributed by atoms with Crippen molar-refractivity contribution in [1.29, 1.82) is 0 Å². The van der Waals surface area contributed by atoms with Crippen molar-refractivity contribution in [3.8, 4) is 5.75 Å². The Hall–Kier alpha value is -2.34. The molecule has 1 aromatic heterocycles. The highest BCUT2D eigenvalue weighted by Gasteiger charge is 2.37. The molecule has 2 aliphatic heterocycles. The zero-order valence-corrected chi connectivity index (χ0v) is 15.4. The molecule has 0 unspecified atom stereocenters. The van der Waals surface area contributed by atoms with Crippen LogP contribution in [0.2, 0.25) is 0 Å². The van der Waals surface area contributed by atoms with Gasteiger partial charge in [0.15, 0.2) is 0 Å². The van der Waals surface area contributed by atoms with Crippen molar-refractivity contribution in [2.75, 3.05) is 20.3 Å². The molecule has 1 atom stereocenters. The molecule has 2 aromatic rings. The predicted octanol–water partition coefficient (Wildman–Crippen LogP) is 2.42. The summed E-state index contributed by atoms with van der Waals surface area (Å²) in [6, 6.07) is 8.13. The second kappa shape index (κ2) is 7.11. The third-order valence-corrected chi connectivity index (χ3v) is 5.59. The van der Waals surface area contributed by atoms with Gasteiger partial charge >= 0.3 is 0 Å². The molecule has 6 nitrogen and oxygen atoms in total. The number of hydrogen-bond acceptors (Lipinski definition) is 4. The van der Waals surface area contributed by atoms with E-state index in [1.54, 1.807) is 17.9 Å². The topological polar surface area (TPSA) is 56.6 Å². The van der Waals surface area contributed by atoms with Gasteiger partial charge < -0.3 is 14.4 Å². The summed E-state index contributed by atoms with van der Waals surface area (Å²) in [5, 5.41) is 4.33. The Morgan fingerprint density at radius 3 is 2.73 bits per heavy atom. The van der Waals surface area contributed by atoms with Crippen LogP contribution in [0.25, 0.3) is 0 Å². The summed E-state index contributed by atoms with van der Waals surface area (Å²) in [5.41, 5.74) is 2.99. The van der Waals surface area contributed by atoms with Gasteiger partial charge in [0.25, 0.3) is 5.91 Å². The third-order valence-electron chi connectivity index (χ3n) is 5.59. The Kier molecular flexibility index (Phi) is 4.68. The summed E-state index contributed by atoms with van der Waals surface area (Å²) in [4.78, 5) is 15.2. The van der Waals surface area contributed by atoms with Crippen LogP contribution in [-0.4, -0.2) is 47.0 Å². The SMILES string of the molecule is COc1ccc2c(c1)C[C@H](C1CCOCC1)N(C(=O)c1ccn(C)n1)C2. The highest BCUT2D eigenvalue weighted by molar-refractivity contribution is 5.92. The Morgan fingerprint density at radius 1 is 1.23 bits per heavy atom. The lowest BCUT2D eigenvalue weighted by atomic mass is 9.82. The summed E-state index contributed by atoms with van der Waals surface area (Å²) in [5.74, 6) is 1.35. The summed E-state index contributed by atoms with van der Waals surface area (Å²) in [6.07, 6.45) is 4.67. The molecule has 0 aliphatic carbocycles. The number of benzene rings is 1. The van der Waals surface area contributed by atoms with Gasteiger partial charge in [0.2, 0.25) is 0 Å². The Labute approximate surface area is 153 Å². The van der Waals surface area contributed by atoms with Crippen LogP contribution >= 0.6 is 0 Å². The first-order chi connectivity index (χ1) is 12.7. The van der Waals surface area contributed by atoms with E-state index in [4.69, 9.17) is 9.47 Å². The molecule has 0 bridgehead atoms. The average Bonchev–Trinajstić information content (AvgIpc) is 3.13. The number of hydrogen-bond donors (Lipinski definition) is 0. The van der Waals surface area contributed by atoms with Crippen molar-refractivity contribution in [2.45, 2.75) is 31.8 Å². The number of fused-ring (bicyclic) bond motifs is 1. The lowest BCUT2D eigenvalue weighted by Crippen LogP contribution is -2.49. The molecule has 0 spiro atoms. The standard InChI is InChI=1S/C20H25N3O3/c1-22-8-5-18(21-22)20(24)23-13-15-3-4-17(25-2)11-16(15)12-19(23)14-6-9-26-10-7-14/h3-5,8,11,14,19H,6-7,9-10,12-13H2,1-2H3/t19-/m1/s1. The molecule has 6 heteroatoms. The van der Waals surface area contributed by atoms with Gasteiger partial charge in [-0.15, -0.1) is 0 Å². The molecule has 1 amide bonds. The first kappa shape index (κ1) is 17.1. The first-order valence-corrected chi connectivity index (χ1v) is 9.20. The van der Waals surface area contributed by atoms with Gasteiger partial charge in [-0.25, -0.2) is 0 Å². The van der Waals surface area contributed by atoms with Gasteiger partial charge in [-0.05, 0) is 54.5 Å². The number of aromatic nitrogens is 2. The van der Waals surface area contributed by atoms with Crippen molar-refractivity contribution in [3.63, 3.8) is 0 Å². The number of amides is 1. The van der Waals surface area contributed by atoms with E-state index in [-0.39, 0.29) is 11.9 Å². The quantitative estimate of drug-likeness (QED) is 0.848. The molecule has 1 fully saturated rings. The van der Waals surface area contributed by atoms with Crippen LogP contribution in [0, 0.1) is 5.92 Å². The molecule has 0 N–H and O–H groups in total. The Bertz CT molecular complexity index is 795. The number of aryl methyl sites for hydroxylation is 1. The zero-order chi connectivity index (χ0) is 18.1. The number of methoxy groups -OCH3 is 1. The smallest absolute Gasteiger partial charge is 0.274 e. The monoisotopic (exact) mass is 355 g/mol. The van der Waals surface area contributed by atoms with Gasteiger partial charge in [0.1, 0.15) is 11.4 Å². The molecular formula is C20H25N3O3. The average molecular weight is 355 g/mol. The fourth-order valence-electron chi connectivity index (χ4n) is 4.13. The maximum atomic E-state index is 13.2. The molecule has 138 valence electrons. The van der Waals surface area contributed by atoms with Crippen LogP contribution in [0.5, 0.6) is 5.75 Å². The van der Waals surface area contributed by atoms with E-state index < -0.39 is 0 Å². The summed E-state index contributed by atoms with van der Waals surface area (Å²) in [6.45, 7) is 2.17. The second-order valence-electron chi connectivity index (χ2n) is 7.16. The second-order valence-corrected chi connectivity index (χ2v) is 7.16. The van der Waals surface area contributed by atoms with Crippen molar-refractivity contribution >= 4 is 5.91 Å². The highest BCUT2D eigenvalue weighted by Crippen LogP contribution is 2.34. The Morgan fingerprint density at radius 2 is 2.04 bits per heavy atom. The Balaban J connectivity index is 1.67. The van der Waals surface area contributed by atoms with E-state index >= 15 is 0 Å². The minimum Gasteiger partial charge on any atom is -0.497 e. The number of nitrogens with zero attached hydrogens (tertiary/aromatic N) is 3. The predicted molar refractivity (Wildman–Crippen MR) is 97.1 cm³/mol. The molecule has 3 heterocycles. The molecule has 0 saturated carbocycles. The minimum absolute atomic E-state index is 0.0172. The van der Waals surface area contributed by atoms with E-state index in [0.29, 0.717) is 18.2 Å². The van der Waals surface area contributed by atoms with Crippen molar-refractivity contribution in [1.82, 2.24) is 14.7 Å². The molecule has 1 aromatic carbocycles. The molecule has 4 rings (SSSR count). The minimum atomic E-state index is 0.0172. The van der Waals surface area contributed by atoms with Crippen LogP contribution in [0.1, 0.15) is 34.5 Å². The van der Waals surface area contributed by atoms with E-state index in [0.717, 1.165) is 38.2 Å². The molecule has 1 saturated heterocycles. The number of ether oxygens (including phenoxy) is 2. The highest BCUT2D eigenvalue weighted by atomic mass is 16.5. The number of rotatable bonds is 3. The van der Waals surface area contributed by atoms with Gasteiger partial charge in [0.05, 0.1) is 7.11 Å². The van der Waals surface area contributed by atoms with Crippen LogP contribution in [0.15, 0.2) is 30.5 Å².